The molecule has 0 unspecified atom stereocenters. The van der Waals surface area contributed by atoms with Gasteiger partial charge in [-0.25, -0.2) is 15.0 Å². The van der Waals surface area contributed by atoms with E-state index in [-0.39, 0.29) is 0 Å². The first-order valence-corrected chi connectivity index (χ1v) is 14.6. The van der Waals surface area contributed by atoms with Gasteiger partial charge < -0.3 is 0 Å². The van der Waals surface area contributed by atoms with E-state index in [1.165, 1.54) is 5.56 Å². The monoisotopic (exact) mass is 562 g/mol. The Morgan fingerprint density at radius 2 is 0.727 bits per heavy atom. The highest BCUT2D eigenvalue weighted by Gasteiger charge is 2.20. The summed E-state index contributed by atoms with van der Waals surface area (Å²) in [5.41, 5.74) is 7.49. The standard InChI is InChI=1S/C40H26N4/c1-3-12-29(13-4-1)38-42-39(30-14-5-2-6-15-30)44-40(43-38)37-34-19-9-7-17-32(34)36(33-18-8-10-20-35(33)37)28-23-21-27(22-24-28)31-16-11-25-41-26-31/h1-26H. The maximum absolute atomic E-state index is 5.12. The molecule has 4 nitrogen and oxygen atoms in total. The van der Waals surface area contributed by atoms with Crippen molar-refractivity contribution < 1.29 is 0 Å². The van der Waals surface area contributed by atoms with Crippen molar-refractivity contribution in [2.24, 2.45) is 0 Å². The molecule has 0 spiro atoms. The van der Waals surface area contributed by atoms with Crippen LogP contribution in [0.25, 0.3) is 78.0 Å². The van der Waals surface area contributed by atoms with Crippen molar-refractivity contribution in [3.8, 4) is 56.4 Å². The van der Waals surface area contributed by atoms with Gasteiger partial charge in [0.2, 0.25) is 0 Å². The molecular formula is C40H26N4. The van der Waals surface area contributed by atoms with Crippen molar-refractivity contribution in [3.05, 3.63) is 158 Å². The number of rotatable bonds is 5. The van der Waals surface area contributed by atoms with E-state index in [9.17, 15) is 0 Å². The summed E-state index contributed by atoms with van der Waals surface area (Å²) in [5, 5.41) is 4.50. The van der Waals surface area contributed by atoms with Gasteiger partial charge in [0.05, 0.1) is 0 Å². The van der Waals surface area contributed by atoms with Gasteiger partial charge in [-0.05, 0) is 49.9 Å². The van der Waals surface area contributed by atoms with Crippen LogP contribution in [-0.4, -0.2) is 19.9 Å². The molecule has 8 aromatic rings. The number of aromatic nitrogens is 4. The summed E-state index contributed by atoms with van der Waals surface area (Å²) in [7, 11) is 0. The predicted octanol–water partition coefficient (Wildman–Crippen LogP) is 9.91. The molecule has 0 amide bonds. The molecule has 2 heterocycles. The summed E-state index contributed by atoms with van der Waals surface area (Å²) in [6.45, 7) is 0. The number of fused-ring (bicyclic) bond motifs is 2. The normalized spacial score (nSPS) is 11.2. The number of nitrogens with zero attached hydrogens (tertiary/aromatic N) is 4. The van der Waals surface area contributed by atoms with Gasteiger partial charge in [0.25, 0.3) is 0 Å². The van der Waals surface area contributed by atoms with Crippen molar-refractivity contribution in [1.82, 2.24) is 19.9 Å². The van der Waals surface area contributed by atoms with Gasteiger partial charge in [-0.3, -0.25) is 4.98 Å². The third-order valence-electron chi connectivity index (χ3n) is 8.02. The van der Waals surface area contributed by atoms with Crippen LogP contribution in [-0.2, 0) is 0 Å². The fourth-order valence-corrected chi connectivity index (χ4v) is 5.96. The van der Waals surface area contributed by atoms with Gasteiger partial charge in [0.1, 0.15) is 0 Å². The van der Waals surface area contributed by atoms with Gasteiger partial charge in [0.15, 0.2) is 17.5 Å². The highest BCUT2D eigenvalue weighted by atomic mass is 15.0. The fraction of sp³-hybridized carbons (Fsp3) is 0. The highest BCUT2D eigenvalue weighted by molar-refractivity contribution is 6.20. The van der Waals surface area contributed by atoms with Gasteiger partial charge in [-0.2, -0.15) is 0 Å². The minimum Gasteiger partial charge on any atom is -0.264 e. The van der Waals surface area contributed by atoms with Crippen LogP contribution in [0.1, 0.15) is 0 Å². The largest absolute Gasteiger partial charge is 0.264 e. The Bertz CT molecular complexity index is 2130. The lowest BCUT2D eigenvalue weighted by molar-refractivity contribution is 1.08. The first kappa shape index (κ1) is 25.7. The van der Waals surface area contributed by atoms with E-state index in [0.29, 0.717) is 17.5 Å². The summed E-state index contributed by atoms with van der Waals surface area (Å²) in [6, 6.07) is 50.2. The van der Waals surface area contributed by atoms with Crippen molar-refractivity contribution >= 4 is 21.5 Å². The molecule has 0 aliphatic rings. The average Bonchev–Trinajstić information content (AvgIpc) is 3.11. The van der Waals surface area contributed by atoms with Crippen LogP contribution in [0, 0.1) is 0 Å². The summed E-state index contributed by atoms with van der Waals surface area (Å²) >= 11 is 0. The number of pyridine rings is 1. The van der Waals surface area contributed by atoms with E-state index in [2.05, 4.69) is 83.8 Å². The lowest BCUT2D eigenvalue weighted by atomic mass is 9.87. The van der Waals surface area contributed by atoms with Gasteiger partial charge in [-0.1, -0.05) is 140 Å². The van der Waals surface area contributed by atoms with Crippen LogP contribution in [0.3, 0.4) is 0 Å². The molecule has 0 saturated heterocycles. The molecule has 0 aliphatic carbocycles. The molecule has 0 fully saturated rings. The number of hydrogen-bond acceptors (Lipinski definition) is 4. The summed E-state index contributed by atoms with van der Waals surface area (Å²) < 4.78 is 0. The smallest absolute Gasteiger partial charge is 0.165 e. The average molecular weight is 563 g/mol. The second-order valence-electron chi connectivity index (χ2n) is 10.7. The third kappa shape index (κ3) is 4.59. The van der Waals surface area contributed by atoms with Gasteiger partial charge in [0, 0.05) is 29.1 Å². The van der Waals surface area contributed by atoms with E-state index in [1.54, 1.807) is 6.20 Å². The van der Waals surface area contributed by atoms with E-state index >= 15 is 0 Å². The molecule has 0 aliphatic heterocycles. The Balaban J connectivity index is 1.40. The van der Waals surface area contributed by atoms with Crippen LogP contribution in [0.5, 0.6) is 0 Å². The predicted molar refractivity (Wildman–Crippen MR) is 180 cm³/mol. The van der Waals surface area contributed by atoms with E-state index < -0.39 is 0 Å². The second kappa shape index (κ2) is 11.0. The molecule has 0 N–H and O–H groups in total. The van der Waals surface area contributed by atoms with Crippen LogP contribution < -0.4 is 0 Å². The molecule has 0 atom stereocenters. The number of benzene rings is 6. The Morgan fingerprint density at radius 1 is 0.295 bits per heavy atom. The Hall–Kier alpha value is -6.00. The molecule has 2 aromatic heterocycles. The summed E-state index contributed by atoms with van der Waals surface area (Å²) in [5.74, 6) is 1.96. The molecule has 8 rings (SSSR count). The van der Waals surface area contributed by atoms with Crippen LogP contribution >= 0.6 is 0 Å². The Kier molecular flexibility index (Phi) is 6.43. The van der Waals surface area contributed by atoms with E-state index in [1.807, 2.05) is 72.9 Å². The number of hydrogen-bond donors (Lipinski definition) is 0. The van der Waals surface area contributed by atoms with E-state index in [0.717, 1.165) is 54.9 Å². The SMILES string of the molecule is c1ccc(-c2nc(-c3ccccc3)nc(-c3c4ccccc4c(-c4ccc(-c5cccnc5)cc4)c4ccccc34)n2)cc1. The van der Waals surface area contributed by atoms with Crippen LogP contribution in [0.15, 0.2) is 158 Å². The molecule has 206 valence electrons. The Morgan fingerprint density at radius 3 is 1.23 bits per heavy atom. The Labute approximate surface area is 255 Å². The van der Waals surface area contributed by atoms with E-state index in [4.69, 9.17) is 15.0 Å². The first-order chi connectivity index (χ1) is 21.8. The topological polar surface area (TPSA) is 51.6 Å². The molecule has 0 bridgehead atoms. The zero-order chi connectivity index (χ0) is 29.3. The van der Waals surface area contributed by atoms with Crippen molar-refractivity contribution in [2.75, 3.05) is 0 Å². The second-order valence-corrected chi connectivity index (χ2v) is 10.7. The molecule has 0 saturated carbocycles. The maximum atomic E-state index is 5.12. The van der Waals surface area contributed by atoms with Crippen LogP contribution in [0.2, 0.25) is 0 Å². The van der Waals surface area contributed by atoms with Crippen molar-refractivity contribution in [3.63, 3.8) is 0 Å². The lowest BCUT2D eigenvalue weighted by Gasteiger charge is -2.17. The highest BCUT2D eigenvalue weighted by Crippen LogP contribution is 2.43. The first-order valence-electron chi connectivity index (χ1n) is 14.6. The minimum atomic E-state index is 0.651. The van der Waals surface area contributed by atoms with Crippen molar-refractivity contribution in [1.29, 1.82) is 0 Å². The van der Waals surface area contributed by atoms with Gasteiger partial charge >= 0.3 is 0 Å². The van der Waals surface area contributed by atoms with Gasteiger partial charge in [-0.15, -0.1) is 0 Å². The lowest BCUT2D eigenvalue weighted by Crippen LogP contribution is -2.01. The van der Waals surface area contributed by atoms with Crippen molar-refractivity contribution in [2.45, 2.75) is 0 Å². The third-order valence-corrected chi connectivity index (χ3v) is 8.02. The zero-order valence-corrected chi connectivity index (χ0v) is 23.8. The molecule has 4 heteroatoms. The molecule has 6 aromatic carbocycles. The maximum Gasteiger partial charge on any atom is 0.165 e. The molecule has 44 heavy (non-hydrogen) atoms. The molecule has 0 radical (unpaired) electrons. The fourth-order valence-electron chi connectivity index (χ4n) is 5.96. The quantitative estimate of drug-likeness (QED) is 0.196. The minimum absolute atomic E-state index is 0.651. The zero-order valence-electron chi connectivity index (χ0n) is 23.8. The molecular weight excluding hydrogens is 536 g/mol. The summed E-state index contributed by atoms with van der Waals surface area (Å²) in [6.07, 6.45) is 3.70. The summed E-state index contributed by atoms with van der Waals surface area (Å²) in [4.78, 5) is 19.5. The van der Waals surface area contributed by atoms with Crippen LogP contribution in [0.4, 0.5) is 0 Å².